The van der Waals surface area contributed by atoms with Crippen LogP contribution in [0, 0.1) is 5.92 Å². The Bertz CT molecular complexity index is 646. The van der Waals surface area contributed by atoms with Gasteiger partial charge in [0.1, 0.15) is 5.75 Å². The van der Waals surface area contributed by atoms with Crippen LogP contribution >= 0.6 is 0 Å². The van der Waals surface area contributed by atoms with Crippen molar-refractivity contribution in [3.05, 3.63) is 23.8 Å². The number of nitrogens with zero attached hydrogens (tertiary/aromatic N) is 1. The van der Waals surface area contributed by atoms with Crippen LogP contribution in [0.5, 0.6) is 5.75 Å². The molecule has 3 rings (SSSR count). The van der Waals surface area contributed by atoms with Crippen LogP contribution in [0.15, 0.2) is 18.2 Å². The lowest BCUT2D eigenvalue weighted by Gasteiger charge is -2.23. The number of anilines is 1. The third-order valence-electron chi connectivity index (χ3n) is 3.74. The second-order valence-electron chi connectivity index (χ2n) is 5.71. The molecule has 1 N–H and O–H groups in total. The van der Waals surface area contributed by atoms with E-state index in [0.29, 0.717) is 41.6 Å². The molecule has 1 aromatic carbocycles. The van der Waals surface area contributed by atoms with Crippen molar-refractivity contribution in [2.75, 3.05) is 36.5 Å². The molecule has 2 unspecified atom stereocenters. The number of carbonyl (C=O) groups excluding carboxylic acids is 2. The van der Waals surface area contributed by atoms with Crippen LogP contribution in [0.25, 0.3) is 0 Å². The van der Waals surface area contributed by atoms with E-state index in [4.69, 9.17) is 4.74 Å². The zero-order valence-electron chi connectivity index (χ0n) is 12.3. The molecule has 2 atom stereocenters. The molecular weight excluding hydrogens is 304 g/mol. The van der Waals surface area contributed by atoms with Gasteiger partial charge in [-0.25, -0.2) is 0 Å². The molecule has 22 heavy (non-hydrogen) atoms. The number of fused-ring (bicyclic) bond motifs is 1. The molecule has 7 heteroatoms. The molecule has 0 radical (unpaired) electrons. The molecule has 0 saturated carbocycles. The standard InChI is InChI=1S/C15H18N2O4S/c1-10-7-17(4-5-22(20)9-10)15(19)11-2-3-13-12(6-11)16-14(18)8-21-13/h2-3,6,10H,4-5,7-9H2,1H3,(H,16,18). The van der Waals surface area contributed by atoms with E-state index >= 15 is 0 Å². The van der Waals surface area contributed by atoms with Crippen molar-refractivity contribution >= 4 is 28.3 Å². The van der Waals surface area contributed by atoms with Crippen molar-refractivity contribution in [1.82, 2.24) is 4.90 Å². The van der Waals surface area contributed by atoms with E-state index < -0.39 is 10.8 Å². The summed E-state index contributed by atoms with van der Waals surface area (Å²) in [4.78, 5) is 25.8. The maximum atomic E-state index is 12.6. The number of hydrogen-bond donors (Lipinski definition) is 1. The summed E-state index contributed by atoms with van der Waals surface area (Å²) in [6, 6.07) is 5.04. The van der Waals surface area contributed by atoms with E-state index in [1.165, 1.54) is 0 Å². The largest absolute Gasteiger partial charge is 0.482 e. The molecule has 1 saturated heterocycles. The summed E-state index contributed by atoms with van der Waals surface area (Å²) in [7, 11) is -0.859. The third-order valence-corrected chi connectivity index (χ3v) is 5.32. The first-order valence-electron chi connectivity index (χ1n) is 7.24. The van der Waals surface area contributed by atoms with Gasteiger partial charge < -0.3 is 15.0 Å². The fourth-order valence-corrected chi connectivity index (χ4v) is 4.05. The van der Waals surface area contributed by atoms with Gasteiger partial charge in [0.05, 0.1) is 5.69 Å². The van der Waals surface area contributed by atoms with Crippen molar-refractivity contribution in [3.63, 3.8) is 0 Å². The highest BCUT2D eigenvalue weighted by Crippen LogP contribution is 2.29. The Kier molecular flexibility index (Phi) is 4.15. The highest BCUT2D eigenvalue weighted by molar-refractivity contribution is 7.85. The molecule has 2 aliphatic rings. The fraction of sp³-hybridized carbons (Fsp3) is 0.467. The average Bonchev–Trinajstić information content (AvgIpc) is 2.66. The molecule has 0 aromatic heterocycles. The van der Waals surface area contributed by atoms with Crippen LogP contribution in [0.4, 0.5) is 5.69 Å². The Balaban J connectivity index is 1.81. The lowest BCUT2D eigenvalue weighted by atomic mass is 10.1. The number of nitrogens with one attached hydrogen (secondary N) is 1. The second-order valence-corrected chi connectivity index (χ2v) is 7.34. The Morgan fingerprint density at radius 1 is 1.45 bits per heavy atom. The summed E-state index contributed by atoms with van der Waals surface area (Å²) in [6.07, 6.45) is 0. The van der Waals surface area contributed by atoms with Crippen LogP contribution in [0.2, 0.25) is 0 Å². The molecule has 0 aliphatic carbocycles. The lowest BCUT2D eigenvalue weighted by Crippen LogP contribution is -2.35. The summed E-state index contributed by atoms with van der Waals surface area (Å²) in [6.45, 7) is 3.10. The minimum absolute atomic E-state index is 0.00422. The summed E-state index contributed by atoms with van der Waals surface area (Å²) < 4.78 is 17.0. The van der Waals surface area contributed by atoms with E-state index in [-0.39, 0.29) is 24.3 Å². The molecule has 2 amide bonds. The molecular formula is C15H18N2O4S. The van der Waals surface area contributed by atoms with Gasteiger partial charge in [0, 0.05) is 41.0 Å². The van der Waals surface area contributed by atoms with Crippen molar-refractivity contribution in [2.24, 2.45) is 5.92 Å². The van der Waals surface area contributed by atoms with Gasteiger partial charge >= 0.3 is 0 Å². The Hall–Kier alpha value is -1.89. The van der Waals surface area contributed by atoms with Crippen LogP contribution in [0.3, 0.4) is 0 Å². The van der Waals surface area contributed by atoms with Gasteiger partial charge in [-0.1, -0.05) is 6.92 Å². The zero-order valence-corrected chi connectivity index (χ0v) is 13.1. The SMILES string of the molecule is CC1CN(C(=O)c2ccc3c(c2)NC(=O)CO3)CCS(=O)C1. The molecule has 0 spiro atoms. The minimum atomic E-state index is -0.859. The predicted octanol–water partition coefficient (Wildman–Crippen LogP) is 0.858. The highest BCUT2D eigenvalue weighted by atomic mass is 32.2. The first kappa shape index (κ1) is 15.0. The lowest BCUT2D eigenvalue weighted by molar-refractivity contribution is -0.118. The summed E-state index contributed by atoms with van der Waals surface area (Å²) >= 11 is 0. The van der Waals surface area contributed by atoms with Gasteiger partial charge in [-0.2, -0.15) is 0 Å². The van der Waals surface area contributed by atoms with Gasteiger partial charge in [-0.3, -0.25) is 13.8 Å². The van der Waals surface area contributed by atoms with Gasteiger partial charge in [-0.15, -0.1) is 0 Å². The summed E-state index contributed by atoms with van der Waals surface area (Å²) in [5.74, 6) is 1.61. The highest BCUT2D eigenvalue weighted by Gasteiger charge is 2.25. The summed E-state index contributed by atoms with van der Waals surface area (Å²) in [5, 5.41) is 2.70. The van der Waals surface area contributed by atoms with Crippen LogP contribution in [-0.2, 0) is 15.6 Å². The van der Waals surface area contributed by atoms with Crippen LogP contribution < -0.4 is 10.1 Å². The average molecular weight is 322 g/mol. The molecule has 2 heterocycles. The Morgan fingerprint density at radius 3 is 3.09 bits per heavy atom. The molecule has 6 nitrogen and oxygen atoms in total. The van der Waals surface area contributed by atoms with Gasteiger partial charge in [0.2, 0.25) is 0 Å². The number of rotatable bonds is 1. The van der Waals surface area contributed by atoms with Crippen molar-refractivity contribution in [3.8, 4) is 5.75 Å². The van der Waals surface area contributed by atoms with Crippen LogP contribution in [-0.4, -0.2) is 52.1 Å². The predicted molar refractivity (Wildman–Crippen MR) is 83.5 cm³/mol. The topological polar surface area (TPSA) is 75.7 Å². The monoisotopic (exact) mass is 322 g/mol. The summed E-state index contributed by atoms with van der Waals surface area (Å²) in [5.41, 5.74) is 1.03. The van der Waals surface area contributed by atoms with Crippen LogP contribution in [0.1, 0.15) is 17.3 Å². The maximum absolute atomic E-state index is 12.6. The van der Waals surface area contributed by atoms with E-state index in [9.17, 15) is 13.8 Å². The minimum Gasteiger partial charge on any atom is -0.482 e. The second kappa shape index (κ2) is 6.08. The first-order chi connectivity index (χ1) is 10.5. The number of hydrogen-bond acceptors (Lipinski definition) is 4. The van der Waals surface area contributed by atoms with Crippen molar-refractivity contribution in [1.29, 1.82) is 0 Å². The smallest absolute Gasteiger partial charge is 0.262 e. The van der Waals surface area contributed by atoms with Gasteiger partial charge in [-0.05, 0) is 24.1 Å². The molecule has 2 aliphatic heterocycles. The molecule has 1 aromatic rings. The molecule has 118 valence electrons. The van der Waals surface area contributed by atoms with Crippen molar-refractivity contribution < 1.29 is 18.5 Å². The first-order valence-corrected chi connectivity index (χ1v) is 8.72. The number of ether oxygens (including phenoxy) is 1. The number of benzene rings is 1. The number of amides is 2. The Morgan fingerprint density at radius 2 is 2.27 bits per heavy atom. The van der Waals surface area contributed by atoms with Gasteiger partial charge in [0.15, 0.2) is 6.61 Å². The third kappa shape index (κ3) is 3.14. The van der Waals surface area contributed by atoms with Gasteiger partial charge in [0.25, 0.3) is 11.8 Å². The van der Waals surface area contributed by atoms with Crippen molar-refractivity contribution in [2.45, 2.75) is 6.92 Å². The zero-order chi connectivity index (χ0) is 15.7. The van der Waals surface area contributed by atoms with E-state index in [0.717, 1.165) is 0 Å². The molecule has 1 fully saturated rings. The normalized spacial score (nSPS) is 24.8. The van der Waals surface area contributed by atoms with E-state index in [1.807, 2.05) is 6.92 Å². The fourth-order valence-electron chi connectivity index (χ4n) is 2.72. The molecule has 0 bridgehead atoms. The Labute approximate surface area is 131 Å². The quantitative estimate of drug-likeness (QED) is 0.832. The van der Waals surface area contributed by atoms with E-state index in [2.05, 4.69) is 5.32 Å². The number of carbonyl (C=O) groups is 2. The van der Waals surface area contributed by atoms with E-state index in [1.54, 1.807) is 23.1 Å². The maximum Gasteiger partial charge on any atom is 0.262 e.